The van der Waals surface area contributed by atoms with Crippen LogP contribution >= 0.6 is 15.9 Å². The zero-order valence-electron chi connectivity index (χ0n) is 11.8. The van der Waals surface area contributed by atoms with Gasteiger partial charge in [-0.05, 0) is 46.6 Å². The van der Waals surface area contributed by atoms with E-state index in [1.54, 1.807) is 17.3 Å². The fourth-order valence-corrected chi connectivity index (χ4v) is 2.47. The number of hydrogen-bond donors (Lipinski definition) is 1. The summed E-state index contributed by atoms with van der Waals surface area (Å²) in [6.45, 7) is 2.58. The molecule has 0 aliphatic rings. The number of carbonyl (C=O) groups excluding carboxylic acids is 1. The van der Waals surface area contributed by atoms with Crippen LogP contribution in [0.4, 0.5) is 0 Å². The molecule has 21 heavy (non-hydrogen) atoms. The molecule has 2 aromatic rings. The Hall–Kier alpha value is -1.72. The van der Waals surface area contributed by atoms with Crippen molar-refractivity contribution in [1.29, 1.82) is 0 Å². The molecule has 0 fully saturated rings. The van der Waals surface area contributed by atoms with Crippen molar-refractivity contribution in [2.24, 2.45) is 0 Å². The van der Waals surface area contributed by atoms with Gasteiger partial charge < -0.3 is 10.0 Å². The van der Waals surface area contributed by atoms with Crippen molar-refractivity contribution in [3.63, 3.8) is 0 Å². The quantitative estimate of drug-likeness (QED) is 0.903. The summed E-state index contributed by atoms with van der Waals surface area (Å²) in [4.78, 5) is 18.4. The van der Waals surface area contributed by atoms with Crippen molar-refractivity contribution in [2.45, 2.75) is 13.5 Å². The lowest BCUT2D eigenvalue weighted by molar-refractivity contribution is 0.0706. The zero-order valence-corrected chi connectivity index (χ0v) is 13.4. The number of aromatic nitrogens is 1. The highest BCUT2D eigenvalue weighted by molar-refractivity contribution is 9.10. The van der Waals surface area contributed by atoms with Gasteiger partial charge in [0.05, 0.1) is 12.2 Å². The predicted molar refractivity (Wildman–Crippen MR) is 84.9 cm³/mol. The van der Waals surface area contributed by atoms with Gasteiger partial charge in [0, 0.05) is 30.0 Å². The van der Waals surface area contributed by atoms with E-state index in [1.165, 1.54) is 0 Å². The van der Waals surface area contributed by atoms with Crippen molar-refractivity contribution in [3.8, 4) is 0 Å². The Morgan fingerprint density at radius 3 is 2.86 bits per heavy atom. The first-order valence-electron chi connectivity index (χ1n) is 6.67. The maximum absolute atomic E-state index is 12.7. The number of amides is 1. The van der Waals surface area contributed by atoms with E-state index >= 15 is 0 Å². The molecule has 1 aromatic carbocycles. The van der Waals surface area contributed by atoms with Crippen LogP contribution in [0.15, 0.2) is 47.2 Å². The molecular weight excluding hydrogens is 332 g/mol. The normalized spacial score (nSPS) is 10.4. The van der Waals surface area contributed by atoms with Gasteiger partial charge in [0.15, 0.2) is 0 Å². The minimum Gasteiger partial charge on any atom is -0.395 e. The van der Waals surface area contributed by atoms with Gasteiger partial charge in [-0.3, -0.25) is 9.78 Å². The van der Waals surface area contributed by atoms with Crippen molar-refractivity contribution < 1.29 is 9.90 Å². The molecule has 0 spiro atoms. The molecule has 1 heterocycles. The van der Waals surface area contributed by atoms with Crippen molar-refractivity contribution in [2.75, 3.05) is 13.2 Å². The van der Waals surface area contributed by atoms with E-state index < -0.39 is 0 Å². The van der Waals surface area contributed by atoms with E-state index in [2.05, 4.69) is 20.9 Å². The average molecular weight is 349 g/mol. The Morgan fingerprint density at radius 2 is 2.19 bits per heavy atom. The third-order valence-electron chi connectivity index (χ3n) is 3.11. The SMILES string of the molecule is Cc1ccc(Br)c(C(=O)N(CCO)Cc2cccnc2)c1. The number of nitrogens with zero attached hydrogens (tertiary/aromatic N) is 2. The van der Waals surface area contributed by atoms with Crippen LogP contribution in [0.1, 0.15) is 21.5 Å². The van der Waals surface area contributed by atoms with Crippen LogP contribution in [0.3, 0.4) is 0 Å². The molecule has 0 saturated heterocycles. The smallest absolute Gasteiger partial charge is 0.255 e. The number of carbonyl (C=O) groups is 1. The minimum absolute atomic E-state index is 0.0740. The van der Waals surface area contributed by atoms with Crippen molar-refractivity contribution >= 4 is 21.8 Å². The summed E-state index contributed by atoms with van der Waals surface area (Å²) in [7, 11) is 0. The summed E-state index contributed by atoms with van der Waals surface area (Å²) in [5.74, 6) is -0.108. The molecule has 110 valence electrons. The summed E-state index contributed by atoms with van der Waals surface area (Å²) in [6.07, 6.45) is 3.42. The maximum atomic E-state index is 12.7. The Kier molecular flexibility index (Phi) is 5.47. The first-order chi connectivity index (χ1) is 10.1. The summed E-state index contributed by atoms with van der Waals surface area (Å²) < 4.78 is 0.757. The number of aryl methyl sites for hydroxylation is 1. The van der Waals surface area contributed by atoms with E-state index in [0.717, 1.165) is 15.6 Å². The molecule has 1 N–H and O–H groups in total. The summed E-state index contributed by atoms with van der Waals surface area (Å²) >= 11 is 3.41. The molecule has 0 unspecified atom stereocenters. The highest BCUT2D eigenvalue weighted by Gasteiger charge is 2.18. The lowest BCUT2D eigenvalue weighted by atomic mass is 10.1. The monoisotopic (exact) mass is 348 g/mol. The highest BCUT2D eigenvalue weighted by Crippen LogP contribution is 2.20. The first-order valence-corrected chi connectivity index (χ1v) is 7.46. The Bertz CT molecular complexity index is 617. The number of pyridine rings is 1. The topological polar surface area (TPSA) is 53.4 Å². The lowest BCUT2D eigenvalue weighted by Crippen LogP contribution is -2.33. The van der Waals surface area contributed by atoms with Gasteiger partial charge in [0.2, 0.25) is 0 Å². The van der Waals surface area contributed by atoms with E-state index in [9.17, 15) is 9.90 Å². The number of halogens is 1. The Balaban J connectivity index is 2.25. The van der Waals surface area contributed by atoms with Crippen LogP contribution in [0, 0.1) is 6.92 Å². The average Bonchev–Trinajstić information content (AvgIpc) is 2.49. The largest absolute Gasteiger partial charge is 0.395 e. The molecule has 0 atom stereocenters. The van der Waals surface area contributed by atoms with Crippen LogP contribution < -0.4 is 0 Å². The molecule has 0 radical (unpaired) electrons. The van der Waals surface area contributed by atoms with Gasteiger partial charge in [-0.15, -0.1) is 0 Å². The number of aliphatic hydroxyl groups excluding tert-OH is 1. The van der Waals surface area contributed by atoms with Crippen LogP contribution in [-0.4, -0.2) is 34.0 Å². The van der Waals surface area contributed by atoms with Crippen LogP contribution in [0.5, 0.6) is 0 Å². The fourth-order valence-electron chi connectivity index (χ4n) is 2.06. The summed E-state index contributed by atoms with van der Waals surface area (Å²) in [6, 6.07) is 9.40. The molecule has 0 aliphatic heterocycles. The van der Waals surface area contributed by atoms with E-state index in [-0.39, 0.29) is 19.1 Å². The molecule has 5 heteroatoms. The second-order valence-corrected chi connectivity index (χ2v) is 5.65. The van der Waals surface area contributed by atoms with Gasteiger partial charge in [0.1, 0.15) is 0 Å². The lowest BCUT2D eigenvalue weighted by Gasteiger charge is -2.22. The number of benzene rings is 1. The zero-order chi connectivity index (χ0) is 15.2. The van der Waals surface area contributed by atoms with Crippen LogP contribution in [0.2, 0.25) is 0 Å². The number of hydrogen-bond acceptors (Lipinski definition) is 3. The van der Waals surface area contributed by atoms with Gasteiger partial charge in [-0.2, -0.15) is 0 Å². The maximum Gasteiger partial charge on any atom is 0.255 e. The second-order valence-electron chi connectivity index (χ2n) is 4.79. The molecule has 1 aromatic heterocycles. The molecule has 2 rings (SSSR count). The third-order valence-corrected chi connectivity index (χ3v) is 3.80. The molecule has 0 saturated carbocycles. The number of rotatable bonds is 5. The van der Waals surface area contributed by atoms with Gasteiger partial charge in [-0.1, -0.05) is 17.7 Å². The minimum atomic E-state index is -0.108. The highest BCUT2D eigenvalue weighted by atomic mass is 79.9. The van der Waals surface area contributed by atoms with Gasteiger partial charge in [-0.25, -0.2) is 0 Å². The van der Waals surface area contributed by atoms with Gasteiger partial charge in [0.25, 0.3) is 5.91 Å². The van der Waals surface area contributed by atoms with E-state index in [4.69, 9.17) is 0 Å². The summed E-state index contributed by atoms with van der Waals surface area (Å²) in [5.41, 5.74) is 2.56. The Labute approximate surface area is 132 Å². The summed E-state index contributed by atoms with van der Waals surface area (Å²) in [5, 5.41) is 9.21. The molecule has 0 bridgehead atoms. The van der Waals surface area contributed by atoms with Crippen LogP contribution in [-0.2, 0) is 6.54 Å². The first kappa shape index (κ1) is 15.7. The predicted octanol–water partition coefficient (Wildman–Crippen LogP) is 2.79. The molecule has 0 aliphatic carbocycles. The Morgan fingerprint density at radius 1 is 1.38 bits per heavy atom. The van der Waals surface area contributed by atoms with E-state index in [1.807, 2.05) is 37.3 Å². The van der Waals surface area contributed by atoms with Gasteiger partial charge >= 0.3 is 0 Å². The standard InChI is InChI=1S/C16H17BrN2O2/c1-12-4-5-15(17)14(9-12)16(21)19(7-8-20)11-13-3-2-6-18-10-13/h2-6,9-10,20H,7-8,11H2,1H3. The molecule has 1 amide bonds. The van der Waals surface area contributed by atoms with Crippen LogP contribution in [0.25, 0.3) is 0 Å². The van der Waals surface area contributed by atoms with E-state index in [0.29, 0.717) is 12.1 Å². The van der Waals surface area contributed by atoms with Crippen molar-refractivity contribution in [3.05, 3.63) is 63.9 Å². The second kappa shape index (κ2) is 7.33. The van der Waals surface area contributed by atoms with Crippen molar-refractivity contribution in [1.82, 2.24) is 9.88 Å². The fraction of sp³-hybridized carbons (Fsp3) is 0.250. The molecular formula is C16H17BrN2O2. The third kappa shape index (κ3) is 4.12. The number of aliphatic hydroxyl groups is 1. The molecule has 4 nitrogen and oxygen atoms in total.